The molecule has 4 nitrogen and oxygen atoms in total. The highest BCUT2D eigenvalue weighted by Gasteiger charge is 2.16. The van der Waals surface area contributed by atoms with Crippen molar-refractivity contribution in [3.63, 3.8) is 0 Å². The minimum atomic E-state index is -0.757. The SMILES string of the molecule is CCCCC[C@H](CNOCc1ccccc1)C(=O)O. The number of unbranched alkanes of at least 4 members (excludes halogenated alkanes) is 2. The Bertz CT molecular complexity index is 354. The number of benzene rings is 1. The van der Waals surface area contributed by atoms with Crippen molar-refractivity contribution in [1.82, 2.24) is 5.48 Å². The first-order valence-electron chi connectivity index (χ1n) is 6.85. The van der Waals surface area contributed by atoms with E-state index in [1.807, 2.05) is 30.3 Å². The molecule has 0 aliphatic carbocycles. The molecule has 1 aromatic rings. The number of carboxylic acids is 1. The largest absolute Gasteiger partial charge is 0.481 e. The van der Waals surface area contributed by atoms with Crippen LogP contribution >= 0.6 is 0 Å². The van der Waals surface area contributed by atoms with Gasteiger partial charge in [-0.15, -0.1) is 0 Å². The summed E-state index contributed by atoms with van der Waals surface area (Å²) in [5, 5.41) is 9.09. The maximum absolute atomic E-state index is 11.1. The van der Waals surface area contributed by atoms with Crippen molar-refractivity contribution >= 4 is 5.97 Å². The average Bonchev–Trinajstić information content (AvgIpc) is 2.42. The Morgan fingerprint density at radius 3 is 2.68 bits per heavy atom. The molecule has 0 heterocycles. The van der Waals surface area contributed by atoms with Crippen molar-refractivity contribution in [2.45, 2.75) is 39.2 Å². The van der Waals surface area contributed by atoms with E-state index < -0.39 is 5.97 Å². The molecule has 0 amide bonds. The summed E-state index contributed by atoms with van der Waals surface area (Å²) in [6.07, 6.45) is 3.83. The molecule has 106 valence electrons. The summed E-state index contributed by atoms with van der Waals surface area (Å²) >= 11 is 0. The summed E-state index contributed by atoms with van der Waals surface area (Å²) in [4.78, 5) is 16.4. The van der Waals surface area contributed by atoms with Crippen LogP contribution in [0.5, 0.6) is 0 Å². The average molecular weight is 265 g/mol. The second kappa shape index (κ2) is 9.53. The van der Waals surface area contributed by atoms with Gasteiger partial charge in [0.2, 0.25) is 0 Å². The molecule has 0 spiro atoms. The van der Waals surface area contributed by atoms with Gasteiger partial charge in [-0.25, -0.2) is 5.48 Å². The fraction of sp³-hybridized carbons (Fsp3) is 0.533. The quantitative estimate of drug-likeness (QED) is 0.504. The predicted molar refractivity (Wildman–Crippen MR) is 74.5 cm³/mol. The van der Waals surface area contributed by atoms with Crippen molar-refractivity contribution in [2.24, 2.45) is 5.92 Å². The van der Waals surface area contributed by atoms with Gasteiger partial charge in [0.25, 0.3) is 0 Å². The third-order valence-electron chi connectivity index (χ3n) is 3.02. The second-order valence-corrected chi connectivity index (χ2v) is 4.65. The van der Waals surface area contributed by atoms with Gasteiger partial charge in [-0.1, -0.05) is 56.5 Å². The fourth-order valence-corrected chi connectivity index (χ4v) is 1.82. The molecular weight excluding hydrogens is 242 g/mol. The molecule has 19 heavy (non-hydrogen) atoms. The molecule has 1 rings (SSSR count). The number of hydrogen-bond acceptors (Lipinski definition) is 3. The summed E-state index contributed by atoms with van der Waals surface area (Å²) in [7, 11) is 0. The van der Waals surface area contributed by atoms with E-state index in [0.717, 1.165) is 24.8 Å². The van der Waals surface area contributed by atoms with Gasteiger partial charge in [0.15, 0.2) is 0 Å². The molecule has 1 atom stereocenters. The minimum Gasteiger partial charge on any atom is -0.481 e. The number of carboxylic acid groups (broad SMARTS) is 1. The summed E-state index contributed by atoms with van der Waals surface area (Å²) in [6, 6.07) is 9.79. The summed E-state index contributed by atoms with van der Waals surface area (Å²) in [5.74, 6) is -1.13. The highest BCUT2D eigenvalue weighted by molar-refractivity contribution is 5.70. The van der Waals surface area contributed by atoms with Gasteiger partial charge in [0.05, 0.1) is 12.5 Å². The van der Waals surface area contributed by atoms with E-state index >= 15 is 0 Å². The van der Waals surface area contributed by atoms with Crippen LogP contribution in [0, 0.1) is 5.92 Å². The van der Waals surface area contributed by atoms with Gasteiger partial charge in [-0.2, -0.15) is 0 Å². The lowest BCUT2D eigenvalue weighted by Gasteiger charge is -2.13. The standard InChI is InChI=1S/C15H23NO3/c1-2-3-5-10-14(15(17)18)11-16-19-12-13-8-6-4-7-9-13/h4,6-9,14,16H,2-3,5,10-12H2,1H3,(H,17,18)/t14-/m1/s1. The van der Waals surface area contributed by atoms with Crippen LogP contribution in [0.15, 0.2) is 30.3 Å². The van der Waals surface area contributed by atoms with Crippen LogP contribution in [0.1, 0.15) is 38.2 Å². The molecule has 0 bridgehead atoms. The van der Waals surface area contributed by atoms with Crippen molar-refractivity contribution in [2.75, 3.05) is 6.54 Å². The van der Waals surface area contributed by atoms with Gasteiger partial charge in [0, 0.05) is 6.54 Å². The summed E-state index contributed by atoms with van der Waals surface area (Å²) < 4.78 is 0. The Balaban J connectivity index is 2.19. The monoisotopic (exact) mass is 265 g/mol. The van der Waals surface area contributed by atoms with E-state index in [1.54, 1.807) is 0 Å². The van der Waals surface area contributed by atoms with Crippen LogP contribution in [-0.2, 0) is 16.2 Å². The third kappa shape index (κ3) is 6.94. The molecule has 0 aromatic heterocycles. The maximum Gasteiger partial charge on any atom is 0.307 e. The van der Waals surface area contributed by atoms with E-state index in [0.29, 0.717) is 19.6 Å². The van der Waals surface area contributed by atoms with Gasteiger partial charge in [0.1, 0.15) is 0 Å². The van der Waals surface area contributed by atoms with Gasteiger partial charge >= 0.3 is 5.97 Å². The van der Waals surface area contributed by atoms with Crippen molar-refractivity contribution in [3.8, 4) is 0 Å². The lowest BCUT2D eigenvalue weighted by Crippen LogP contribution is -2.28. The van der Waals surface area contributed by atoms with Crippen LogP contribution < -0.4 is 5.48 Å². The molecule has 4 heteroatoms. The molecule has 0 saturated carbocycles. The molecular formula is C15H23NO3. The van der Waals surface area contributed by atoms with Crippen LogP contribution in [0.4, 0.5) is 0 Å². The Kier molecular flexibility index (Phi) is 7.86. The Labute approximate surface area is 114 Å². The molecule has 0 aliphatic rings. The lowest BCUT2D eigenvalue weighted by molar-refractivity contribution is -0.143. The Morgan fingerprint density at radius 2 is 2.05 bits per heavy atom. The number of hydroxylamine groups is 1. The minimum absolute atomic E-state index is 0.353. The first-order valence-corrected chi connectivity index (χ1v) is 6.85. The number of carbonyl (C=O) groups is 1. The second-order valence-electron chi connectivity index (χ2n) is 4.65. The van der Waals surface area contributed by atoms with E-state index in [1.165, 1.54) is 0 Å². The first kappa shape index (κ1) is 15.7. The highest BCUT2D eigenvalue weighted by atomic mass is 16.6. The molecule has 0 saturated heterocycles. The Hall–Kier alpha value is -1.39. The molecule has 0 unspecified atom stereocenters. The van der Waals surface area contributed by atoms with Crippen molar-refractivity contribution in [1.29, 1.82) is 0 Å². The summed E-state index contributed by atoms with van der Waals surface area (Å²) in [5.41, 5.74) is 3.82. The van der Waals surface area contributed by atoms with Crippen molar-refractivity contribution < 1.29 is 14.7 Å². The topological polar surface area (TPSA) is 58.6 Å². The van der Waals surface area contributed by atoms with Crippen LogP contribution in [0.25, 0.3) is 0 Å². The zero-order valence-corrected chi connectivity index (χ0v) is 11.5. The van der Waals surface area contributed by atoms with Crippen LogP contribution in [0.2, 0.25) is 0 Å². The number of aliphatic carboxylic acids is 1. The third-order valence-corrected chi connectivity index (χ3v) is 3.02. The number of nitrogens with one attached hydrogen (secondary N) is 1. The van der Waals surface area contributed by atoms with Crippen LogP contribution in [-0.4, -0.2) is 17.6 Å². The molecule has 0 fully saturated rings. The number of hydrogen-bond donors (Lipinski definition) is 2. The lowest BCUT2D eigenvalue weighted by atomic mass is 10.0. The van der Waals surface area contributed by atoms with Crippen LogP contribution in [0.3, 0.4) is 0 Å². The van der Waals surface area contributed by atoms with E-state index in [4.69, 9.17) is 9.94 Å². The molecule has 0 radical (unpaired) electrons. The predicted octanol–water partition coefficient (Wildman–Crippen LogP) is 2.99. The Morgan fingerprint density at radius 1 is 1.32 bits per heavy atom. The molecule has 0 aliphatic heterocycles. The number of rotatable bonds is 10. The van der Waals surface area contributed by atoms with E-state index in [2.05, 4.69) is 12.4 Å². The van der Waals surface area contributed by atoms with E-state index in [9.17, 15) is 4.79 Å². The van der Waals surface area contributed by atoms with Gasteiger partial charge in [-0.3, -0.25) is 9.63 Å². The highest BCUT2D eigenvalue weighted by Crippen LogP contribution is 2.09. The van der Waals surface area contributed by atoms with Crippen molar-refractivity contribution in [3.05, 3.63) is 35.9 Å². The van der Waals surface area contributed by atoms with Gasteiger partial charge in [-0.05, 0) is 12.0 Å². The zero-order valence-electron chi connectivity index (χ0n) is 11.5. The fourth-order valence-electron chi connectivity index (χ4n) is 1.82. The van der Waals surface area contributed by atoms with Gasteiger partial charge < -0.3 is 5.11 Å². The molecule has 2 N–H and O–H groups in total. The maximum atomic E-state index is 11.1. The smallest absolute Gasteiger partial charge is 0.307 e. The first-order chi connectivity index (χ1) is 9.24. The zero-order chi connectivity index (χ0) is 13.9. The summed E-state index contributed by atoms with van der Waals surface area (Å²) in [6.45, 7) is 2.91. The molecule has 1 aromatic carbocycles. The van der Waals surface area contributed by atoms with E-state index in [-0.39, 0.29) is 5.92 Å². The normalized spacial score (nSPS) is 12.3.